The van der Waals surface area contributed by atoms with Crippen LogP contribution in [0.3, 0.4) is 0 Å². The number of nitrogens with two attached hydrogens (primary N) is 1. The molecule has 9 nitrogen and oxygen atoms in total. The van der Waals surface area contributed by atoms with E-state index in [1.165, 1.54) is 11.8 Å². The fourth-order valence-electron chi connectivity index (χ4n) is 2.52. The summed E-state index contributed by atoms with van der Waals surface area (Å²) in [5.74, 6) is -2.55. The van der Waals surface area contributed by atoms with Crippen molar-refractivity contribution in [2.24, 2.45) is 17.6 Å². The SMILES string of the molecule is CCC(C)C(N)C(=O)NC(CS)C(=O)NC(C(=O)NC(CCSC)C(=O)O)C(C)C. The van der Waals surface area contributed by atoms with Crippen molar-refractivity contribution in [1.29, 1.82) is 0 Å². The van der Waals surface area contributed by atoms with Crippen LogP contribution in [0.4, 0.5) is 0 Å². The Kier molecular flexibility index (Phi) is 13.8. The average Bonchev–Trinajstić information content (AvgIpc) is 2.70. The zero-order valence-electron chi connectivity index (χ0n) is 18.3. The predicted molar refractivity (Wildman–Crippen MR) is 123 cm³/mol. The van der Waals surface area contributed by atoms with Crippen molar-refractivity contribution in [1.82, 2.24) is 16.0 Å². The highest BCUT2D eigenvalue weighted by molar-refractivity contribution is 7.98. The average molecular weight is 465 g/mol. The van der Waals surface area contributed by atoms with Crippen LogP contribution in [0.5, 0.6) is 0 Å². The molecule has 174 valence electrons. The molecule has 0 rings (SSSR count). The summed E-state index contributed by atoms with van der Waals surface area (Å²) in [4.78, 5) is 49.0. The molecule has 0 aromatic heterocycles. The number of aliphatic carboxylic acids is 1. The summed E-state index contributed by atoms with van der Waals surface area (Å²) in [6.07, 6.45) is 2.82. The number of thiol groups is 1. The first-order valence-corrected chi connectivity index (χ1v) is 12.0. The van der Waals surface area contributed by atoms with E-state index in [4.69, 9.17) is 5.73 Å². The smallest absolute Gasteiger partial charge is 0.326 e. The molecule has 0 aliphatic rings. The van der Waals surface area contributed by atoms with E-state index >= 15 is 0 Å². The van der Waals surface area contributed by atoms with E-state index in [1.807, 2.05) is 20.1 Å². The van der Waals surface area contributed by atoms with Crippen LogP contribution >= 0.6 is 24.4 Å². The van der Waals surface area contributed by atoms with E-state index in [2.05, 4.69) is 28.6 Å². The lowest BCUT2D eigenvalue weighted by atomic mass is 9.99. The summed E-state index contributed by atoms with van der Waals surface area (Å²) >= 11 is 5.60. The molecule has 0 spiro atoms. The van der Waals surface area contributed by atoms with Gasteiger partial charge in [-0.2, -0.15) is 24.4 Å². The van der Waals surface area contributed by atoms with Crippen molar-refractivity contribution < 1.29 is 24.3 Å². The topological polar surface area (TPSA) is 151 Å². The highest BCUT2D eigenvalue weighted by Crippen LogP contribution is 2.08. The molecule has 3 amide bonds. The third kappa shape index (κ3) is 9.57. The van der Waals surface area contributed by atoms with E-state index in [0.717, 1.165) is 0 Å². The Morgan fingerprint density at radius 3 is 2.00 bits per heavy atom. The van der Waals surface area contributed by atoms with Gasteiger partial charge in [0.1, 0.15) is 18.1 Å². The lowest BCUT2D eigenvalue weighted by Crippen LogP contribution is -2.59. The summed E-state index contributed by atoms with van der Waals surface area (Å²) in [6, 6.07) is -3.74. The van der Waals surface area contributed by atoms with Crippen LogP contribution < -0.4 is 21.7 Å². The van der Waals surface area contributed by atoms with Crippen LogP contribution in [0, 0.1) is 11.8 Å². The summed E-state index contributed by atoms with van der Waals surface area (Å²) in [5, 5.41) is 17.0. The summed E-state index contributed by atoms with van der Waals surface area (Å²) in [6.45, 7) is 7.22. The first-order chi connectivity index (χ1) is 14.0. The van der Waals surface area contributed by atoms with Crippen LogP contribution in [-0.2, 0) is 19.2 Å². The molecule has 0 saturated heterocycles. The van der Waals surface area contributed by atoms with Crippen molar-refractivity contribution in [3.8, 4) is 0 Å². The number of amides is 3. The van der Waals surface area contributed by atoms with Gasteiger partial charge >= 0.3 is 5.97 Å². The fourth-order valence-corrected chi connectivity index (χ4v) is 3.25. The van der Waals surface area contributed by atoms with E-state index in [9.17, 15) is 24.3 Å². The highest BCUT2D eigenvalue weighted by Gasteiger charge is 2.31. The quantitative estimate of drug-likeness (QED) is 0.202. The van der Waals surface area contributed by atoms with Crippen LogP contribution in [0.2, 0.25) is 0 Å². The maximum absolute atomic E-state index is 12.7. The number of hydrogen-bond acceptors (Lipinski definition) is 7. The number of rotatable bonds is 14. The second-order valence-electron chi connectivity index (χ2n) is 7.57. The van der Waals surface area contributed by atoms with Gasteiger partial charge in [0.05, 0.1) is 6.04 Å². The molecule has 0 saturated carbocycles. The Labute approximate surface area is 188 Å². The fraction of sp³-hybridized carbons (Fsp3) is 0.789. The van der Waals surface area contributed by atoms with E-state index in [0.29, 0.717) is 12.2 Å². The van der Waals surface area contributed by atoms with Gasteiger partial charge in [0.2, 0.25) is 17.7 Å². The van der Waals surface area contributed by atoms with Gasteiger partial charge in [-0.05, 0) is 30.3 Å². The number of nitrogens with one attached hydrogen (secondary N) is 3. The first kappa shape index (κ1) is 28.5. The Bertz CT molecular complexity index is 591. The van der Waals surface area contributed by atoms with Crippen LogP contribution in [-0.4, -0.2) is 70.7 Å². The molecule has 5 unspecified atom stereocenters. The molecule has 0 aliphatic heterocycles. The van der Waals surface area contributed by atoms with Gasteiger partial charge in [-0.15, -0.1) is 0 Å². The minimum atomic E-state index is -1.13. The van der Waals surface area contributed by atoms with Crippen molar-refractivity contribution in [2.75, 3.05) is 17.8 Å². The Morgan fingerprint density at radius 2 is 1.57 bits per heavy atom. The molecule has 6 N–H and O–H groups in total. The largest absolute Gasteiger partial charge is 0.480 e. The van der Waals surface area contributed by atoms with Crippen LogP contribution in [0.15, 0.2) is 0 Å². The van der Waals surface area contributed by atoms with Crippen molar-refractivity contribution in [2.45, 2.75) is 64.7 Å². The van der Waals surface area contributed by atoms with Crippen molar-refractivity contribution >= 4 is 48.1 Å². The third-order valence-corrected chi connectivity index (χ3v) is 5.86. The lowest BCUT2D eigenvalue weighted by molar-refractivity contribution is -0.142. The van der Waals surface area contributed by atoms with E-state index < -0.39 is 47.9 Å². The maximum atomic E-state index is 12.7. The van der Waals surface area contributed by atoms with Crippen LogP contribution in [0.25, 0.3) is 0 Å². The van der Waals surface area contributed by atoms with E-state index in [-0.39, 0.29) is 24.0 Å². The molecule has 0 radical (unpaired) electrons. The van der Waals surface area contributed by atoms with Gasteiger partial charge in [-0.1, -0.05) is 34.1 Å². The summed E-state index contributed by atoms with van der Waals surface area (Å²) in [7, 11) is 0. The summed E-state index contributed by atoms with van der Waals surface area (Å²) in [5.41, 5.74) is 5.91. The zero-order valence-corrected chi connectivity index (χ0v) is 20.0. The molecule has 5 atom stereocenters. The Balaban J connectivity index is 5.16. The van der Waals surface area contributed by atoms with Gasteiger partial charge in [0.25, 0.3) is 0 Å². The first-order valence-electron chi connectivity index (χ1n) is 9.99. The second-order valence-corrected chi connectivity index (χ2v) is 8.92. The van der Waals surface area contributed by atoms with Gasteiger partial charge < -0.3 is 26.8 Å². The van der Waals surface area contributed by atoms with Gasteiger partial charge in [-0.25, -0.2) is 4.79 Å². The molecular formula is C19H36N4O5S2. The Hall–Kier alpha value is -1.46. The Morgan fingerprint density at radius 1 is 1.00 bits per heavy atom. The number of carboxylic acid groups (broad SMARTS) is 1. The molecule has 0 fully saturated rings. The molecule has 0 bridgehead atoms. The molecule has 30 heavy (non-hydrogen) atoms. The van der Waals surface area contributed by atoms with Gasteiger partial charge in [-0.3, -0.25) is 14.4 Å². The molecule has 0 aromatic carbocycles. The molecule has 0 heterocycles. The molecule has 11 heteroatoms. The number of carbonyl (C=O) groups is 4. The minimum absolute atomic E-state index is 0.0166. The summed E-state index contributed by atoms with van der Waals surface area (Å²) < 4.78 is 0. The lowest BCUT2D eigenvalue weighted by Gasteiger charge is -2.27. The number of carbonyl (C=O) groups excluding carboxylic acids is 3. The van der Waals surface area contributed by atoms with Gasteiger partial charge in [0.15, 0.2) is 0 Å². The monoisotopic (exact) mass is 464 g/mol. The number of thioether (sulfide) groups is 1. The van der Waals surface area contributed by atoms with Crippen LogP contribution in [0.1, 0.15) is 40.5 Å². The van der Waals surface area contributed by atoms with E-state index in [1.54, 1.807) is 13.8 Å². The molecule has 0 aromatic rings. The normalized spacial score (nSPS) is 16.1. The third-order valence-electron chi connectivity index (χ3n) is 4.85. The predicted octanol–water partition coefficient (Wildman–Crippen LogP) is 0.238. The number of hydrogen-bond donors (Lipinski definition) is 6. The zero-order chi connectivity index (χ0) is 23.4. The number of carboxylic acids is 1. The molecule has 0 aliphatic carbocycles. The van der Waals surface area contributed by atoms with Crippen molar-refractivity contribution in [3.63, 3.8) is 0 Å². The molecular weight excluding hydrogens is 428 g/mol. The minimum Gasteiger partial charge on any atom is -0.480 e. The standard InChI is InChI=1S/C19H36N4O5S2/c1-6-11(4)14(20)17(25)22-13(9-29)16(24)23-15(10(2)3)18(26)21-12(19(27)28)7-8-30-5/h10-15,29H,6-9,20H2,1-5H3,(H,21,26)(H,22,25)(H,23,24)(H,27,28). The highest BCUT2D eigenvalue weighted by atomic mass is 32.2. The van der Waals surface area contributed by atoms with Crippen molar-refractivity contribution in [3.05, 3.63) is 0 Å². The van der Waals surface area contributed by atoms with Gasteiger partial charge in [0, 0.05) is 5.75 Å². The second kappa shape index (κ2) is 14.5. The maximum Gasteiger partial charge on any atom is 0.326 e.